The van der Waals surface area contributed by atoms with Crippen LogP contribution in [0.1, 0.15) is 31.2 Å². The smallest absolute Gasteiger partial charge is 0.260 e. The lowest BCUT2D eigenvalue weighted by molar-refractivity contribution is -0.137. The van der Waals surface area contributed by atoms with E-state index in [-0.39, 0.29) is 30.3 Å². The van der Waals surface area contributed by atoms with Gasteiger partial charge in [0.1, 0.15) is 11.6 Å². The van der Waals surface area contributed by atoms with Gasteiger partial charge in [-0.2, -0.15) is 0 Å². The molecule has 0 bridgehead atoms. The Kier molecular flexibility index (Phi) is 8.40. The topological polar surface area (TPSA) is 61.9 Å². The van der Waals surface area contributed by atoms with E-state index < -0.39 is 0 Å². The van der Waals surface area contributed by atoms with Gasteiger partial charge in [0, 0.05) is 37.7 Å². The van der Waals surface area contributed by atoms with Gasteiger partial charge >= 0.3 is 0 Å². The molecule has 2 aliphatic rings. The minimum atomic E-state index is -0.306. The fourth-order valence-corrected chi connectivity index (χ4v) is 5.03. The van der Waals surface area contributed by atoms with Gasteiger partial charge in [-0.05, 0) is 60.7 Å². The molecule has 34 heavy (non-hydrogen) atoms. The zero-order chi connectivity index (χ0) is 23.9. The van der Waals surface area contributed by atoms with Crippen molar-refractivity contribution in [2.45, 2.75) is 38.3 Å². The van der Waals surface area contributed by atoms with Crippen LogP contribution < -0.4 is 10.1 Å². The molecule has 2 aromatic rings. The molecule has 1 saturated heterocycles. The van der Waals surface area contributed by atoms with E-state index in [9.17, 15) is 14.0 Å². The van der Waals surface area contributed by atoms with E-state index in [0.717, 1.165) is 31.2 Å². The Balaban J connectivity index is 1.31. The molecule has 1 N–H and O–H groups in total. The number of hydrogen-bond donors (Lipinski definition) is 1. The molecule has 0 aromatic heterocycles. The molecule has 0 unspecified atom stereocenters. The van der Waals surface area contributed by atoms with E-state index in [2.05, 4.69) is 10.2 Å². The summed E-state index contributed by atoms with van der Waals surface area (Å²) in [6, 6.07) is 13.0. The highest BCUT2D eigenvalue weighted by Gasteiger charge is 2.37. The summed E-state index contributed by atoms with van der Waals surface area (Å²) in [6.45, 7) is 2.68. The Bertz CT molecular complexity index is 974. The lowest BCUT2D eigenvalue weighted by Crippen LogP contribution is -2.58. The molecule has 4 rings (SSSR count). The van der Waals surface area contributed by atoms with Gasteiger partial charge < -0.3 is 15.0 Å². The normalized spacial score (nSPS) is 18.0. The predicted molar refractivity (Wildman–Crippen MR) is 129 cm³/mol. The van der Waals surface area contributed by atoms with Gasteiger partial charge in [-0.1, -0.05) is 36.6 Å². The van der Waals surface area contributed by atoms with Gasteiger partial charge in [-0.3, -0.25) is 14.5 Å². The maximum absolute atomic E-state index is 13.5. The lowest BCUT2D eigenvalue weighted by atomic mass is 9.95. The Hall–Kier alpha value is -2.64. The second-order valence-electron chi connectivity index (χ2n) is 9.00. The van der Waals surface area contributed by atoms with Gasteiger partial charge in [0.05, 0.1) is 6.04 Å². The number of benzene rings is 2. The highest BCUT2D eigenvalue weighted by Crippen LogP contribution is 2.31. The first kappa shape index (κ1) is 24.5. The largest absolute Gasteiger partial charge is 0.484 e. The van der Waals surface area contributed by atoms with Crippen molar-refractivity contribution in [3.8, 4) is 5.75 Å². The van der Waals surface area contributed by atoms with Crippen molar-refractivity contribution in [2.75, 3.05) is 32.8 Å². The molecule has 1 aliphatic carbocycles. The summed E-state index contributed by atoms with van der Waals surface area (Å²) in [5.41, 5.74) is 0.745. The Morgan fingerprint density at radius 2 is 1.76 bits per heavy atom. The highest BCUT2D eigenvalue weighted by atomic mass is 35.5. The number of carbonyl (C=O) groups excluding carboxylic acids is 2. The predicted octanol–water partition coefficient (Wildman–Crippen LogP) is 3.88. The standard InChI is InChI=1S/C26H31ClFN3O3/c27-21-8-10-23(11-9-21)34-18-24(32)30-12-14-31(15-13-30)25(20-5-1-2-6-20)26(33)29-17-19-4-3-7-22(28)16-19/h3-4,7-11,16,20,25H,1-2,5-6,12-15,17-18H2,(H,29,33)/t25-/m0/s1. The third kappa shape index (κ3) is 6.48. The summed E-state index contributed by atoms with van der Waals surface area (Å²) in [4.78, 5) is 29.9. The van der Waals surface area contributed by atoms with E-state index in [0.29, 0.717) is 49.4 Å². The van der Waals surface area contributed by atoms with Crippen molar-refractivity contribution in [2.24, 2.45) is 5.92 Å². The molecule has 1 saturated carbocycles. The third-order valence-corrected chi connectivity index (χ3v) is 6.96. The second kappa shape index (κ2) is 11.7. The number of nitrogens with zero attached hydrogens (tertiary/aromatic N) is 2. The van der Waals surface area contributed by atoms with E-state index in [1.165, 1.54) is 12.1 Å². The summed E-state index contributed by atoms with van der Waals surface area (Å²) in [5, 5.41) is 3.64. The molecular formula is C26H31ClFN3O3. The molecule has 8 heteroatoms. The first-order chi connectivity index (χ1) is 16.5. The average molecular weight is 488 g/mol. The van der Waals surface area contributed by atoms with Crippen LogP contribution in [0.15, 0.2) is 48.5 Å². The molecule has 6 nitrogen and oxygen atoms in total. The molecular weight excluding hydrogens is 457 g/mol. The average Bonchev–Trinajstić information content (AvgIpc) is 3.37. The van der Waals surface area contributed by atoms with Crippen LogP contribution in [0.4, 0.5) is 4.39 Å². The molecule has 0 radical (unpaired) electrons. The van der Waals surface area contributed by atoms with Crippen LogP contribution in [0, 0.1) is 11.7 Å². The maximum Gasteiger partial charge on any atom is 0.260 e. The van der Waals surface area contributed by atoms with Crippen molar-refractivity contribution in [1.82, 2.24) is 15.1 Å². The lowest BCUT2D eigenvalue weighted by Gasteiger charge is -2.40. The molecule has 0 spiro atoms. The van der Waals surface area contributed by atoms with Crippen molar-refractivity contribution >= 4 is 23.4 Å². The fourth-order valence-electron chi connectivity index (χ4n) is 4.91. The van der Waals surface area contributed by atoms with Gasteiger partial charge in [0.15, 0.2) is 6.61 Å². The van der Waals surface area contributed by atoms with Gasteiger partial charge in [0.2, 0.25) is 5.91 Å². The van der Waals surface area contributed by atoms with Crippen molar-refractivity contribution < 1.29 is 18.7 Å². The van der Waals surface area contributed by atoms with Crippen LogP contribution in [-0.2, 0) is 16.1 Å². The van der Waals surface area contributed by atoms with E-state index >= 15 is 0 Å². The molecule has 1 atom stereocenters. The fraction of sp³-hybridized carbons (Fsp3) is 0.462. The van der Waals surface area contributed by atoms with E-state index in [4.69, 9.17) is 16.3 Å². The van der Waals surface area contributed by atoms with Crippen molar-refractivity contribution in [1.29, 1.82) is 0 Å². The monoisotopic (exact) mass is 487 g/mol. The number of rotatable bonds is 8. The minimum absolute atomic E-state index is 0.0120. The van der Waals surface area contributed by atoms with Gasteiger partial charge in [-0.25, -0.2) is 4.39 Å². The van der Waals surface area contributed by atoms with Crippen LogP contribution in [0.2, 0.25) is 5.02 Å². The summed E-state index contributed by atoms with van der Waals surface area (Å²) >= 11 is 5.88. The summed E-state index contributed by atoms with van der Waals surface area (Å²) in [6.07, 6.45) is 4.34. The minimum Gasteiger partial charge on any atom is -0.484 e. The second-order valence-corrected chi connectivity index (χ2v) is 9.43. The Labute approximate surface area is 205 Å². The molecule has 2 aromatic carbocycles. The quantitative estimate of drug-likeness (QED) is 0.614. The number of ether oxygens (including phenoxy) is 1. The first-order valence-corrected chi connectivity index (χ1v) is 12.3. The number of nitrogens with one attached hydrogen (secondary N) is 1. The summed E-state index contributed by atoms with van der Waals surface area (Å²) in [5.74, 6) is 0.528. The van der Waals surface area contributed by atoms with Crippen LogP contribution >= 0.6 is 11.6 Å². The Morgan fingerprint density at radius 1 is 1.06 bits per heavy atom. The maximum atomic E-state index is 13.5. The number of hydrogen-bond acceptors (Lipinski definition) is 4. The highest BCUT2D eigenvalue weighted by molar-refractivity contribution is 6.30. The van der Waals surface area contributed by atoms with E-state index in [1.54, 1.807) is 35.2 Å². The van der Waals surface area contributed by atoms with E-state index in [1.807, 2.05) is 6.07 Å². The van der Waals surface area contributed by atoms with Gasteiger partial charge in [0.25, 0.3) is 5.91 Å². The first-order valence-electron chi connectivity index (χ1n) is 11.9. The zero-order valence-corrected chi connectivity index (χ0v) is 20.0. The van der Waals surface area contributed by atoms with Crippen molar-refractivity contribution in [3.05, 3.63) is 64.9 Å². The SMILES string of the molecule is O=C(NCc1cccc(F)c1)[C@H](C1CCCC1)N1CCN(C(=O)COc2ccc(Cl)cc2)CC1. The number of amides is 2. The number of piperazine rings is 1. The third-order valence-electron chi connectivity index (χ3n) is 6.71. The molecule has 182 valence electrons. The van der Waals surface area contributed by atoms with Crippen molar-refractivity contribution in [3.63, 3.8) is 0 Å². The van der Waals surface area contributed by atoms with Crippen LogP contribution in [0.25, 0.3) is 0 Å². The molecule has 2 fully saturated rings. The molecule has 1 heterocycles. The number of carbonyl (C=O) groups is 2. The van der Waals surface area contributed by atoms with Crippen LogP contribution in [0.5, 0.6) is 5.75 Å². The number of halogens is 2. The van der Waals surface area contributed by atoms with Crippen LogP contribution in [-0.4, -0.2) is 60.4 Å². The summed E-state index contributed by atoms with van der Waals surface area (Å²) < 4.78 is 19.1. The molecule has 2 amide bonds. The van der Waals surface area contributed by atoms with Crippen LogP contribution in [0.3, 0.4) is 0 Å². The zero-order valence-electron chi connectivity index (χ0n) is 19.2. The summed E-state index contributed by atoms with van der Waals surface area (Å²) in [7, 11) is 0. The Morgan fingerprint density at radius 3 is 2.44 bits per heavy atom. The molecule has 1 aliphatic heterocycles. The van der Waals surface area contributed by atoms with Gasteiger partial charge in [-0.15, -0.1) is 0 Å².